The minimum Gasteiger partial charge on any atom is -0.462 e. The Morgan fingerprint density at radius 2 is 2.08 bits per heavy atom. The van der Waals surface area contributed by atoms with E-state index in [0.717, 1.165) is 12.8 Å². The number of nitrogens with zero attached hydrogens (tertiary/aromatic N) is 1. The predicted octanol–water partition coefficient (Wildman–Crippen LogP) is 2.91. The number of hydrogen-bond acceptors (Lipinski definition) is 7. The predicted molar refractivity (Wildman–Crippen MR) is 96.1 cm³/mol. The molecule has 0 aliphatic heterocycles. The van der Waals surface area contributed by atoms with Crippen molar-refractivity contribution in [3.05, 3.63) is 28.1 Å². The number of thiophene rings is 1. The Kier molecular flexibility index (Phi) is 5.44. The highest BCUT2D eigenvalue weighted by molar-refractivity contribution is 7.15. The average Bonchev–Trinajstić information content (AvgIpc) is 3.18. The number of amides is 2. The lowest BCUT2D eigenvalue weighted by Gasteiger charge is -2.05. The second kappa shape index (κ2) is 7.75. The third kappa shape index (κ3) is 4.64. The summed E-state index contributed by atoms with van der Waals surface area (Å²) in [5.74, 6) is -0.644. The minimum absolute atomic E-state index is 0.0111. The summed E-state index contributed by atoms with van der Waals surface area (Å²) in [4.78, 5) is 40.0. The van der Waals surface area contributed by atoms with E-state index in [4.69, 9.17) is 4.74 Å². The fourth-order valence-electron chi connectivity index (χ4n) is 2.11. The van der Waals surface area contributed by atoms with Gasteiger partial charge < -0.3 is 15.4 Å². The Morgan fingerprint density at radius 3 is 2.80 bits per heavy atom. The van der Waals surface area contributed by atoms with Gasteiger partial charge in [0.15, 0.2) is 5.13 Å². The molecule has 2 N–H and O–H groups in total. The fourth-order valence-corrected chi connectivity index (χ4v) is 3.61. The van der Waals surface area contributed by atoms with Crippen molar-refractivity contribution in [2.75, 3.05) is 17.2 Å². The van der Waals surface area contributed by atoms with Crippen molar-refractivity contribution in [1.82, 2.24) is 4.98 Å². The van der Waals surface area contributed by atoms with Crippen LogP contribution in [-0.2, 0) is 20.7 Å². The summed E-state index contributed by atoms with van der Waals surface area (Å²) in [6.07, 6.45) is 1.92. The molecular weight excluding hydrogens is 362 g/mol. The molecule has 7 nitrogen and oxygen atoms in total. The van der Waals surface area contributed by atoms with Gasteiger partial charge in [-0.3, -0.25) is 9.59 Å². The second-order valence-corrected chi connectivity index (χ2v) is 7.29. The first-order valence-corrected chi connectivity index (χ1v) is 9.62. The lowest BCUT2D eigenvalue weighted by atomic mass is 10.3. The number of ether oxygens (including phenoxy) is 1. The molecule has 2 aromatic rings. The third-order valence-electron chi connectivity index (χ3n) is 3.49. The quantitative estimate of drug-likeness (QED) is 0.721. The van der Waals surface area contributed by atoms with E-state index in [0.29, 0.717) is 21.4 Å². The molecule has 1 fully saturated rings. The van der Waals surface area contributed by atoms with E-state index < -0.39 is 5.97 Å². The number of aromatic nitrogens is 1. The number of thiazole rings is 1. The van der Waals surface area contributed by atoms with Crippen LogP contribution in [0, 0.1) is 5.92 Å². The first-order valence-electron chi connectivity index (χ1n) is 7.86. The first-order chi connectivity index (χ1) is 12.1. The zero-order valence-corrected chi connectivity index (χ0v) is 15.2. The van der Waals surface area contributed by atoms with E-state index in [-0.39, 0.29) is 30.8 Å². The molecule has 1 aliphatic carbocycles. The molecule has 2 aromatic heterocycles. The zero-order valence-electron chi connectivity index (χ0n) is 13.5. The van der Waals surface area contributed by atoms with Gasteiger partial charge in [-0.2, -0.15) is 0 Å². The van der Waals surface area contributed by atoms with Crippen LogP contribution in [0.5, 0.6) is 0 Å². The molecule has 0 radical (unpaired) electrons. The number of carbonyl (C=O) groups is 3. The second-order valence-electron chi connectivity index (χ2n) is 5.52. The maximum absolute atomic E-state index is 12.2. The van der Waals surface area contributed by atoms with Crippen molar-refractivity contribution in [2.24, 2.45) is 5.92 Å². The molecule has 0 unspecified atom stereocenters. The van der Waals surface area contributed by atoms with Gasteiger partial charge in [-0.05, 0) is 31.2 Å². The number of esters is 1. The summed E-state index contributed by atoms with van der Waals surface area (Å²) in [5.41, 5.74) is 0.915. The van der Waals surface area contributed by atoms with Gasteiger partial charge in [0.1, 0.15) is 5.00 Å². The van der Waals surface area contributed by atoms with Crippen LogP contribution in [0.3, 0.4) is 0 Å². The van der Waals surface area contributed by atoms with Gasteiger partial charge in [0.05, 0.1) is 24.3 Å². The molecule has 132 valence electrons. The Hall–Kier alpha value is -2.26. The summed E-state index contributed by atoms with van der Waals surface area (Å²) in [6, 6.07) is 1.62. The summed E-state index contributed by atoms with van der Waals surface area (Å²) in [5, 5.41) is 9.89. The molecule has 0 atom stereocenters. The number of nitrogens with one attached hydrogen (secondary N) is 2. The van der Waals surface area contributed by atoms with E-state index in [2.05, 4.69) is 15.6 Å². The van der Waals surface area contributed by atoms with Gasteiger partial charge in [-0.1, -0.05) is 0 Å². The van der Waals surface area contributed by atoms with Crippen molar-refractivity contribution in [2.45, 2.75) is 26.2 Å². The molecule has 2 amide bonds. The number of anilines is 2. The van der Waals surface area contributed by atoms with Crippen LogP contribution >= 0.6 is 22.7 Å². The molecule has 9 heteroatoms. The van der Waals surface area contributed by atoms with Gasteiger partial charge in [0.25, 0.3) is 0 Å². The monoisotopic (exact) mass is 379 g/mol. The topological polar surface area (TPSA) is 97.4 Å². The Bertz CT molecular complexity index is 795. The van der Waals surface area contributed by atoms with Crippen molar-refractivity contribution >= 4 is 50.6 Å². The molecule has 0 aromatic carbocycles. The van der Waals surface area contributed by atoms with Crippen molar-refractivity contribution in [3.8, 4) is 0 Å². The molecule has 2 heterocycles. The minimum atomic E-state index is -0.460. The van der Waals surface area contributed by atoms with Crippen molar-refractivity contribution in [3.63, 3.8) is 0 Å². The lowest BCUT2D eigenvalue weighted by Crippen LogP contribution is -2.16. The van der Waals surface area contributed by atoms with Gasteiger partial charge in [-0.25, -0.2) is 9.78 Å². The molecule has 0 saturated heterocycles. The smallest absolute Gasteiger partial charge is 0.341 e. The molecule has 25 heavy (non-hydrogen) atoms. The van der Waals surface area contributed by atoms with Crippen molar-refractivity contribution < 1.29 is 19.1 Å². The highest BCUT2D eigenvalue weighted by atomic mass is 32.1. The zero-order chi connectivity index (χ0) is 17.8. The van der Waals surface area contributed by atoms with Crippen LogP contribution in [0.25, 0.3) is 0 Å². The highest BCUT2D eigenvalue weighted by Gasteiger charge is 2.30. The van der Waals surface area contributed by atoms with E-state index >= 15 is 0 Å². The largest absolute Gasteiger partial charge is 0.462 e. The molecule has 0 spiro atoms. The Balaban J connectivity index is 1.56. The van der Waals surface area contributed by atoms with Crippen LogP contribution < -0.4 is 10.6 Å². The maximum atomic E-state index is 12.2. The van der Waals surface area contributed by atoms with Gasteiger partial charge >= 0.3 is 5.97 Å². The summed E-state index contributed by atoms with van der Waals surface area (Å²) in [7, 11) is 0. The van der Waals surface area contributed by atoms with Gasteiger partial charge in [0.2, 0.25) is 11.8 Å². The van der Waals surface area contributed by atoms with E-state index in [1.807, 2.05) is 0 Å². The number of rotatable bonds is 7. The first kappa shape index (κ1) is 17.6. The van der Waals surface area contributed by atoms with Gasteiger partial charge in [0, 0.05) is 11.3 Å². The molecule has 3 rings (SSSR count). The van der Waals surface area contributed by atoms with Crippen LogP contribution in [0.1, 0.15) is 35.8 Å². The highest BCUT2D eigenvalue weighted by Crippen LogP contribution is 2.30. The summed E-state index contributed by atoms with van der Waals surface area (Å²) in [6.45, 7) is 2.00. The lowest BCUT2D eigenvalue weighted by molar-refractivity contribution is -0.117. The Morgan fingerprint density at radius 1 is 1.28 bits per heavy atom. The van der Waals surface area contributed by atoms with Crippen molar-refractivity contribution in [1.29, 1.82) is 0 Å². The summed E-state index contributed by atoms with van der Waals surface area (Å²) < 4.78 is 4.96. The Labute approximate surface area is 152 Å². The average molecular weight is 379 g/mol. The maximum Gasteiger partial charge on any atom is 0.341 e. The van der Waals surface area contributed by atoms with E-state index in [1.165, 1.54) is 22.7 Å². The van der Waals surface area contributed by atoms with E-state index in [9.17, 15) is 14.4 Å². The van der Waals surface area contributed by atoms with Crippen LogP contribution in [0.4, 0.5) is 10.1 Å². The molecular formula is C16H17N3O4S2. The third-order valence-corrected chi connectivity index (χ3v) is 5.12. The molecule has 0 bridgehead atoms. The fraction of sp³-hybridized carbons (Fsp3) is 0.375. The molecule has 1 aliphatic rings. The molecule has 1 saturated carbocycles. The normalized spacial score (nSPS) is 13.3. The standard InChI is InChI=1S/C16H17N3O4S2/c1-2-23-15(22)11-5-6-24-14(11)18-12(20)7-10-8-25-16(17-10)19-13(21)9-3-4-9/h5-6,8-9H,2-4,7H2,1H3,(H,18,20)(H,17,19,21). The van der Waals surface area contributed by atoms with Crippen LogP contribution in [-0.4, -0.2) is 29.4 Å². The van der Waals surface area contributed by atoms with Crippen LogP contribution in [0.15, 0.2) is 16.8 Å². The number of hydrogen-bond donors (Lipinski definition) is 2. The van der Waals surface area contributed by atoms with Gasteiger partial charge in [-0.15, -0.1) is 22.7 Å². The summed E-state index contributed by atoms with van der Waals surface area (Å²) >= 11 is 2.55. The van der Waals surface area contributed by atoms with Crippen LogP contribution in [0.2, 0.25) is 0 Å². The number of carbonyl (C=O) groups excluding carboxylic acids is 3. The SMILES string of the molecule is CCOC(=O)c1ccsc1NC(=O)Cc1csc(NC(=O)C2CC2)n1. The van der Waals surface area contributed by atoms with E-state index in [1.54, 1.807) is 23.8 Å².